The SMILES string of the molecule is CCN(c1ccc(C(=O)Nc2ccc(CN3CCCC(C(N)=O)C3)cc2)cc1)C(C)C. The van der Waals surface area contributed by atoms with Crippen LogP contribution in [0.3, 0.4) is 0 Å². The Morgan fingerprint density at radius 2 is 1.81 bits per heavy atom. The van der Waals surface area contributed by atoms with Crippen LogP contribution in [-0.4, -0.2) is 42.4 Å². The number of anilines is 2. The van der Waals surface area contributed by atoms with E-state index < -0.39 is 0 Å². The van der Waals surface area contributed by atoms with Crippen LogP contribution in [0.2, 0.25) is 0 Å². The summed E-state index contributed by atoms with van der Waals surface area (Å²) in [5, 5.41) is 2.97. The second kappa shape index (κ2) is 10.4. The Morgan fingerprint density at radius 1 is 1.13 bits per heavy atom. The molecule has 1 fully saturated rings. The lowest BCUT2D eigenvalue weighted by Crippen LogP contribution is -2.40. The fraction of sp³-hybridized carbons (Fsp3) is 0.440. The lowest BCUT2D eigenvalue weighted by Gasteiger charge is -2.31. The molecule has 0 aliphatic carbocycles. The molecule has 6 nitrogen and oxygen atoms in total. The fourth-order valence-corrected chi connectivity index (χ4v) is 4.24. The van der Waals surface area contributed by atoms with E-state index >= 15 is 0 Å². The first-order valence-electron chi connectivity index (χ1n) is 11.2. The van der Waals surface area contributed by atoms with Gasteiger partial charge in [-0.2, -0.15) is 0 Å². The number of hydrogen-bond acceptors (Lipinski definition) is 4. The number of hydrogen-bond donors (Lipinski definition) is 2. The van der Waals surface area contributed by atoms with E-state index in [-0.39, 0.29) is 17.7 Å². The molecule has 1 unspecified atom stereocenters. The third kappa shape index (κ3) is 6.07. The van der Waals surface area contributed by atoms with Crippen LogP contribution in [0.1, 0.15) is 49.5 Å². The largest absolute Gasteiger partial charge is 0.369 e. The summed E-state index contributed by atoms with van der Waals surface area (Å²) in [6.45, 7) is 9.86. The highest BCUT2D eigenvalue weighted by atomic mass is 16.2. The lowest BCUT2D eigenvalue weighted by atomic mass is 9.97. The first-order valence-corrected chi connectivity index (χ1v) is 11.2. The number of likely N-dealkylation sites (tertiary alicyclic amines) is 1. The first kappa shape index (κ1) is 22.8. The smallest absolute Gasteiger partial charge is 0.255 e. The van der Waals surface area contributed by atoms with Gasteiger partial charge in [0.05, 0.1) is 5.92 Å². The molecule has 6 heteroatoms. The molecule has 0 spiro atoms. The summed E-state index contributed by atoms with van der Waals surface area (Å²) < 4.78 is 0. The number of nitrogens with zero attached hydrogens (tertiary/aromatic N) is 2. The van der Waals surface area contributed by atoms with Crippen molar-refractivity contribution in [2.45, 2.75) is 46.2 Å². The maximum absolute atomic E-state index is 12.6. The van der Waals surface area contributed by atoms with Crippen molar-refractivity contribution in [3.63, 3.8) is 0 Å². The van der Waals surface area contributed by atoms with Gasteiger partial charge in [-0.05, 0) is 82.1 Å². The Hall–Kier alpha value is -2.86. The van der Waals surface area contributed by atoms with Crippen LogP contribution in [0.25, 0.3) is 0 Å². The minimum absolute atomic E-state index is 0.0522. The van der Waals surface area contributed by atoms with Crippen LogP contribution in [0.4, 0.5) is 11.4 Å². The molecule has 0 radical (unpaired) electrons. The predicted molar refractivity (Wildman–Crippen MR) is 126 cm³/mol. The summed E-state index contributed by atoms with van der Waals surface area (Å²) in [5.74, 6) is -0.377. The van der Waals surface area contributed by atoms with E-state index in [2.05, 4.69) is 35.9 Å². The zero-order valence-electron chi connectivity index (χ0n) is 18.8. The van der Waals surface area contributed by atoms with Crippen LogP contribution in [0.15, 0.2) is 48.5 Å². The van der Waals surface area contributed by atoms with E-state index in [0.29, 0.717) is 11.6 Å². The number of rotatable bonds is 8. The van der Waals surface area contributed by atoms with Crippen molar-refractivity contribution >= 4 is 23.2 Å². The Balaban J connectivity index is 1.57. The molecule has 1 atom stereocenters. The van der Waals surface area contributed by atoms with E-state index in [9.17, 15) is 9.59 Å². The predicted octanol–water partition coefficient (Wildman–Crippen LogP) is 3.87. The second-order valence-electron chi connectivity index (χ2n) is 8.55. The Bertz CT molecular complexity index is 877. The number of amides is 2. The van der Waals surface area contributed by atoms with Crippen molar-refractivity contribution in [3.8, 4) is 0 Å². The van der Waals surface area contributed by atoms with Crippen LogP contribution in [0, 0.1) is 5.92 Å². The summed E-state index contributed by atoms with van der Waals surface area (Å²) in [7, 11) is 0. The van der Waals surface area contributed by atoms with Gasteiger partial charge >= 0.3 is 0 Å². The summed E-state index contributed by atoms with van der Waals surface area (Å²) in [6, 6.07) is 16.0. The normalized spacial score (nSPS) is 16.8. The highest BCUT2D eigenvalue weighted by Crippen LogP contribution is 2.21. The van der Waals surface area contributed by atoms with Crippen LogP contribution in [0.5, 0.6) is 0 Å². The molecule has 2 aromatic rings. The van der Waals surface area contributed by atoms with E-state index in [1.165, 1.54) is 0 Å². The van der Waals surface area contributed by atoms with E-state index in [1.807, 2.05) is 48.5 Å². The van der Waals surface area contributed by atoms with Gasteiger partial charge in [-0.3, -0.25) is 14.5 Å². The van der Waals surface area contributed by atoms with Crippen molar-refractivity contribution in [2.24, 2.45) is 11.7 Å². The summed E-state index contributed by atoms with van der Waals surface area (Å²) in [4.78, 5) is 28.6. The van der Waals surface area contributed by atoms with Crippen molar-refractivity contribution < 1.29 is 9.59 Å². The molecule has 3 N–H and O–H groups in total. The third-order valence-electron chi connectivity index (χ3n) is 5.95. The average molecular weight is 423 g/mol. The summed E-state index contributed by atoms with van der Waals surface area (Å²) >= 11 is 0. The number of carbonyl (C=O) groups excluding carboxylic acids is 2. The number of primary amides is 1. The zero-order valence-corrected chi connectivity index (χ0v) is 18.8. The number of nitrogens with one attached hydrogen (secondary N) is 1. The van der Waals surface area contributed by atoms with Crippen LogP contribution >= 0.6 is 0 Å². The van der Waals surface area contributed by atoms with Crippen LogP contribution in [-0.2, 0) is 11.3 Å². The zero-order chi connectivity index (χ0) is 22.4. The van der Waals surface area contributed by atoms with Gasteiger partial charge in [0.1, 0.15) is 0 Å². The van der Waals surface area contributed by atoms with Crippen molar-refractivity contribution in [3.05, 3.63) is 59.7 Å². The number of benzene rings is 2. The van der Waals surface area contributed by atoms with Gasteiger partial charge in [0.15, 0.2) is 0 Å². The van der Waals surface area contributed by atoms with E-state index in [4.69, 9.17) is 5.73 Å². The summed E-state index contributed by atoms with van der Waals surface area (Å²) in [5.41, 5.74) is 9.15. The second-order valence-corrected chi connectivity index (χ2v) is 8.55. The van der Waals surface area contributed by atoms with Gasteiger partial charge in [-0.25, -0.2) is 0 Å². The number of carbonyl (C=O) groups is 2. The highest BCUT2D eigenvalue weighted by Gasteiger charge is 2.23. The van der Waals surface area contributed by atoms with Gasteiger partial charge in [-0.1, -0.05) is 12.1 Å². The van der Waals surface area contributed by atoms with Gasteiger partial charge in [-0.15, -0.1) is 0 Å². The number of nitrogens with two attached hydrogens (primary N) is 1. The minimum Gasteiger partial charge on any atom is -0.369 e. The maximum atomic E-state index is 12.6. The van der Waals surface area contributed by atoms with Crippen LogP contribution < -0.4 is 16.0 Å². The third-order valence-corrected chi connectivity index (χ3v) is 5.95. The van der Waals surface area contributed by atoms with E-state index in [1.54, 1.807) is 0 Å². The van der Waals surface area contributed by atoms with Gasteiger partial charge in [0.25, 0.3) is 5.91 Å². The molecule has 2 amide bonds. The van der Waals surface area contributed by atoms with Gasteiger partial charge in [0.2, 0.25) is 5.91 Å². The first-order chi connectivity index (χ1) is 14.9. The molecule has 1 aliphatic heterocycles. The molecule has 0 bridgehead atoms. The summed E-state index contributed by atoms with van der Waals surface area (Å²) in [6.07, 6.45) is 1.87. The quantitative estimate of drug-likeness (QED) is 0.677. The van der Waals surface area contributed by atoms with Crippen molar-refractivity contribution in [1.82, 2.24) is 4.90 Å². The molecule has 3 rings (SSSR count). The average Bonchev–Trinajstić information content (AvgIpc) is 2.76. The lowest BCUT2D eigenvalue weighted by molar-refractivity contribution is -0.123. The Kier molecular flexibility index (Phi) is 7.69. The fourth-order valence-electron chi connectivity index (χ4n) is 4.24. The molecule has 31 heavy (non-hydrogen) atoms. The Labute approximate surface area is 185 Å². The standard InChI is InChI=1S/C25H34N4O2/c1-4-29(18(2)3)23-13-9-20(10-14-23)25(31)27-22-11-7-19(8-12-22)16-28-15-5-6-21(17-28)24(26)30/h7-14,18,21H,4-6,15-17H2,1-3H3,(H2,26,30)(H,27,31). The van der Waals surface area contributed by atoms with E-state index in [0.717, 1.165) is 56.0 Å². The molecular weight excluding hydrogens is 388 g/mol. The molecule has 0 saturated carbocycles. The minimum atomic E-state index is -0.206. The van der Waals surface area contributed by atoms with Crippen molar-refractivity contribution in [2.75, 3.05) is 29.9 Å². The molecule has 1 aliphatic rings. The van der Waals surface area contributed by atoms with Gasteiger partial charge in [0, 0.05) is 42.6 Å². The van der Waals surface area contributed by atoms with Gasteiger partial charge < -0.3 is 16.0 Å². The molecule has 1 heterocycles. The topological polar surface area (TPSA) is 78.7 Å². The molecule has 2 aromatic carbocycles. The molecule has 1 saturated heterocycles. The molecule has 166 valence electrons. The molecular formula is C25H34N4O2. The maximum Gasteiger partial charge on any atom is 0.255 e. The van der Waals surface area contributed by atoms with Crippen molar-refractivity contribution in [1.29, 1.82) is 0 Å². The number of piperidine rings is 1. The Morgan fingerprint density at radius 3 is 2.39 bits per heavy atom. The monoisotopic (exact) mass is 422 g/mol. The molecule has 0 aromatic heterocycles. The highest BCUT2D eigenvalue weighted by molar-refractivity contribution is 6.04.